The van der Waals surface area contributed by atoms with Crippen LogP contribution in [0.4, 0.5) is 4.39 Å². The molecule has 6 nitrogen and oxygen atoms in total. The molecule has 7 heteroatoms. The zero-order valence-electron chi connectivity index (χ0n) is 15.6. The molecule has 3 aromatic rings. The van der Waals surface area contributed by atoms with Crippen LogP contribution in [-0.4, -0.2) is 27.5 Å². The van der Waals surface area contributed by atoms with Gasteiger partial charge in [-0.05, 0) is 42.8 Å². The lowest BCUT2D eigenvalue weighted by atomic mass is 10.1. The lowest BCUT2D eigenvalue weighted by Crippen LogP contribution is -2.25. The zero-order chi connectivity index (χ0) is 20.1. The highest BCUT2D eigenvalue weighted by atomic mass is 19.1. The van der Waals surface area contributed by atoms with E-state index in [2.05, 4.69) is 0 Å². The van der Waals surface area contributed by atoms with E-state index >= 15 is 0 Å². The summed E-state index contributed by atoms with van der Waals surface area (Å²) in [6, 6.07) is 12.5. The molecule has 0 amide bonds. The molecule has 0 unspecified atom stereocenters. The topological polar surface area (TPSA) is 70.3 Å². The van der Waals surface area contributed by atoms with E-state index in [1.54, 1.807) is 9.13 Å². The van der Waals surface area contributed by atoms with Gasteiger partial charge in [-0.25, -0.2) is 9.18 Å². The number of ether oxygens (including phenoxy) is 1. The number of carbonyl (C=O) groups excluding carboxylic acids is 2. The summed E-state index contributed by atoms with van der Waals surface area (Å²) in [7, 11) is 0. The number of Topliss-reactive ketones (excluding diaryl/α,β-unsaturated/α-hetero) is 1. The minimum Gasteiger partial charge on any atom is -0.457 e. The summed E-state index contributed by atoms with van der Waals surface area (Å²) in [4.78, 5) is 36.7. The van der Waals surface area contributed by atoms with Crippen molar-refractivity contribution >= 4 is 22.8 Å². The third kappa shape index (κ3) is 4.19. The number of esters is 1. The van der Waals surface area contributed by atoms with Crippen LogP contribution < -0.4 is 5.69 Å². The van der Waals surface area contributed by atoms with Gasteiger partial charge in [0.05, 0.1) is 17.5 Å². The van der Waals surface area contributed by atoms with Gasteiger partial charge in [-0.15, -0.1) is 0 Å². The van der Waals surface area contributed by atoms with E-state index in [9.17, 15) is 18.8 Å². The molecule has 0 radical (unpaired) electrons. The van der Waals surface area contributed by atoms with E-state index < -0.39 is 24.2 Å². The Labute approximate surface area is 161 Å². The maximum atomic E-state index is 12.9. The van der Waals surface area contributed by atoms with Crippen molar-refractivity contribution in [2.45, 2.75) is 32.9 Å². The number of carbonyl (C=O) groups is 2. The molecule has 0 spiro atoms. The van der Waals surface area contributed by atoms with Crippen LogP contribution in [0.5, 0.6) is 0 Å². The summed E-state index contributed by atoms with van der Waals surface area (Å²) in [5.74, 6) is -1.43. The standard InChI is InChI=1S/C21H21FN2O4/c1-2-12-23-17-5-3-4-6-18(17)24(21(23)27)13-11-20(26)28-14-19(25)15-7-9-16(22)10-8-15/h3-10H,2,11-14H2,1H3. The van der Waals surface area contributed by atoms with E-state index in [1.165, 1.54) is 24.3 Å². The number of hydrogen-bond donors (Lipinski definition) is 0. The fourth-order valence-electron chi connectivity index (χ4n) is 3.07. The Morgan fingerprint density at radius 3 is 2.18 bits per heavy atom. The van der Waals surface area contributed by atoms with Gasteiger partial charge in [0.25, 0.3) is 0 Å². The molecule has 1 aromatic heterocycles. The Hall–Kier alpha value is -3.22. The van der Waals surface area contributed by atoms with Gasteiger partial charge in [0.15, 0.2) is 12.4 Å². The lowest BCUT2D eigenvalue weighted by molar-refractivity contribution is -0.142. The molecular formula is C21H21FN2O4. The summed E-state index contributed by atoms with van der Waals surface area (Å²) in [5.41, 5.74) is 1.69. The highest BCUT2D eigenvalue weighted by Gasteiger charge is 2.15. The molecular weight excluding hydrogens is 363 g/mol. The van der Waals surface area contributed by atoms with Crippen molar-refractivity contribution in [2.75, 3.05) is 6.61 Å². The SMILES string of the molecule is CCCn1c(=O)n(CCC(=O)OCC(=O)c2ccc(F)cc2)c2ccccc21. The number of benzene rings is 2. The number of para-hydroxylation sites is 2. The first-order valence-electron chi connectivity index (χ1n) is 9.13. The molecule has 0 saturated heterocycles. The molecule has 0 bridgehead atoms. The van der Waals surface area contributed by atoms with Gasteiger partial charge in [-0.3, -0.25) is 18.7 Å². The van der Waals surface area contributed by atoms with Gasteiger partial charge in [0.1, 0.15) is 5.82 Å². The van der Waals surface area contributed by atoms with Crippen LogP contribution in [0.25, 0.3) is 11.0 Å². The predicted octanol–water partition coefficient (Wildman–Crippen LogP) is 3.17. The first kappa shape index (κ1) is 19.5. The third-order valence-corrected chi connectivity index (χ3v) is 4.44. The average Bonchev–Trinajstić information content (AvgIpc) is 2.97. The first-order valence-corrected chi connectivity index (χ1v) is 9.13. The lowest BCUT2D eigenvalue weighted by Gasteiger charge is -2.06. The molecule has 0 N–H and O–H groups in total. The van der Waals surface area contributed by atoms with Crippen molar-refractivity contribution in [3.05, 3.63) is 70.4 Å². The number of ketones is 1. The highest BCUT2D eigenvalue weighted by molar-refractivity contribution is 5.97. The van der Waals surface area contributed by atoms with Crippen molar-refractivity contribution < 1.29 is 18.7 Å². The van der Waals surface area contributed by atoms with E-state index in [-0.39, 0.29) is 24.2 Å². The molecule has 0 saturated carbocycles. The molecule has 0 aliphatic carbocycles. The Morgan fingerprint density at radius 1 is 0.964 bits per heavy atom. The minimum atomic E-state index is -0.574. The number of imidazole rings is 1. The van der Waals surface area contributed by atoms with Gasteiger partial charge >= 0.3 is 11.7 Å². The van der Waals surface area contributed by atoms with E-state index in [0.717, 1.165) is 17.5 Å². The number of hydrogen-bond acceptors (Lipinski definition) is 4. The van der Waals surface area contributed by atoms with Crippen LogP contribution in [0, 0.1) is 5.82 Å². The number of fused-ring (bicyclic) bond motifs is 1. The third-order valence-electron chi connectivity index (χ3n) is 4.44. The number of aryl methyl sites for hydroxylation is 2. The van der Waals surface area contributed by atoms with E-state index in [1.807, 2.05) is 31.2 Å². The van der Waals surface area contributed by atoms with E-state index in [0.29, 0.717) is 6.54 Å². The summed E-state index contributed by atoms with van der Waals surface area (Å²) in [6.45, 7) is 2.34. The Morgan fingerprint density at radius 2 is 1.57 bits per heavy atom. The summed E-state index contributed by atoms with van der Waals surface area (Å²) < 4.78 is 21.1. The van der Waals surface area contributed by atoms with Crippen molar-refractivity contribution in [2.24, 2.45) is 0 Å². The molecule has 0 fully saturated rings. The maximum Gasteiger partial charge on any atom is 0.329 e. The molecule has 2 aromatic carbocycles. The van der Waals surface area contributed by atoms with Crippen molar-refractivity contribution in [3.8, 4) is 0 Å². The van der Waals surface area contributed by atoms with Crippen molar-refractivity contribution in [3.63, 3.8) is 0 Å². The van der Waals surface area contributed by atoms with E-state index in [4.69, 9.17) is 4.74 Å². The molecule has 146 valence electrons. The Kier molecular flexibility index (Phi) is 6.03. The van der Waals surface area contributed by atoms with Gasteiger partial charge in [-0.2, -0.15) is 0 Å². The number of aromatic nitrogens is 2. The molecule has 28 heavy (non-hydrogen) atoms. The summed E-state index contributed by atoms with van der Waals surface area (Å²) >= 11 is 0. The van der Waals surface area contributed by atoms with Crippen molar-refractivity contribution in [1.82, 2.24) is 9.13 Å². The van der Waals surface area contributed by atoms with Crippen LogP contribution in [0.1, 0.15) is 30.1 Å². The second kappa shape index (κ2) is 8.65. The molecule has 1 heterocycles. The Bertz CT molecular complexity index is 1050. The second-order valence-corrected chi connectivity index (χ2v) is 6.42. The molecule has 0 aliphatic rings. The van der Waals surface area contributed by atoms with Gasteiger partial charge in [0, 0.05) is 18.7 Å². The molecule has 3 rings (SSSR count). The first-order chi connectivity index (χ1) is 13.5. The zero-order valence-corrected chi connectivity index (χ0v) is 15.6. The monoisotopic (exact) mass is 384 g/mol. The Balaban J connectivity index is 1.63. The minimum absolute atomic E-state index is 0.0310. The van der Waals surface area contributed by atoms with Crippen LogP contribution >= 0.6 is 0 Å². The van der Waals surface area contributed by atoms with Crippen molar-refractivity contribution in [1.29, 1.82) is 0 Å². The summed E-state index contributed by atoms with van der Waals surface area (Å²) in [6.07, 6.45) is 0.790. The summed E-state index contributed by atoms with van der Waals surface area (Å²) in [5, 5.41) is 0. The normalized spacial score (nSPS) is 10.9. The largest absolute Gasteiger partial charge is 0.457 e. The smallest absolute Gasteiger partial charge is 0.329 e. The quantitative estimate of drug-likeness (QED) is 0.442. The fourth-order valence-corrected chi connectivity index (χ4v) is 3.07. The molecule has 0 atom stereocenters. The number of nitrogens with zero attached hydrogens (tertiary/aromatic N) is 2. The maximum absolute atomic E-state index is 12.9. The average molecular weight is 384 g/mol. The number of halogens is 1. The van der Waals surface area contributed by atoms with Gasteiger partial charge in [-0.1, -0.05) is 19.1 Å². The molecule has 0 aliphatic heterocycles. The van der Waals surface area contributed by atoms with Crippen LogP contribution in [-0.2, 0) is 22.6 Å². The number of rotatable bonds is 8. The van der Waals surface area contributed by atoms with Crippen LogP contribution in [0.3, 0.4) is 0 Å². The van der Waals surface area contributed by atoms with Gasteiger partial charge < -0.3 is 4.74 Å². The highest BCUT2D eigenvalue weighted by Crippen LogP contribution is 2.14. The van der Waals surface area contributed by atoms with Crippen LogP contribution in [0.2, 0.25) is 0 Å². The second-order valence-electron chi connectivity index (χ2n) is 6.42. The predicted molar refractivity (Wildman–Crippen MR) is 103 cm³/mol. The van der Waals surface area contributed by atoms with Crippen LogP contribution in [0.15, 0.2) is 53.3 Å². The van der Waals surface area contributed by atoms with Gasteiger partial charge in [0.2, 0.25) is 0 Å². The fraction of sp³-hybridized carbons (Fsp3) is 0.286.